The van der Waals surface area contributed by atoms with Crippen molar-refractivity contribution in [3.05, 3.63) is 59.7 Å². The highest BCUT2D eigenvalue weighted by molar-refractivity contribution is 7.80. The predicted octanol–water partition coefficient (Wildman–Crippen LogP) is 3.66. The van der Waals surface area contributed by atoms with E-state index in [0.29, 0.717) is 23.5 Å². The minimum atomic E-state index is -1.01. The summed E-state index contributed by atoms with van der Waals surface area (Å²) in [4.78, 5) is 23.9. The summed E-state index contributed by atoms with van der Waals surface area (Å²) in [5.41, 5.74) is 1.81. The lowest BCUT2D eigenvalue weighted by molar-refractivity contribution is 0.0696. The molecule has 5 nitrogen and oxygen atoms in total. The van der Waals surface area contributed by atoms with Crippen molar-refractivity contribution in [1.29, 1.82) is 0 Å². The topological polar surface area (TPSA) is 66.8 Å². The smallest absolute Gasteiger partial charge is 0.335 e. The Kier molecular flexibility index (Phi) is 5.43. The van der Waals surface area contributed by atoms with Crippen molar-refractivity contribution >= 4 is 41.0 Å². The van der Waals surface area contributed by atoms with Gasteiger partial charge in [0.2, 0.25) is 0 Å². The lowest BCUT2D eigenvalue weighted by Crippen LogP contribution is -2.27. The van der Waals surface area contributed by atoms with E-state index in [4.69, 9.17) is 22.1 Å². The van der Waals surface area contributed by atoms with Crippen molar-refractivity contribution in [2.75, 3.05) is 11.5 Å². The molecule has 0 atom stereocenters. The summed E-state index contributed by atoms with van der Waals surface area (Å²) in [6.07, 6.45) is 0.739. The van der Waals surface area contributed by atoms with Gasteiger partial charge in [-0.15, -0.1) is 0 Å². The number of thiocarbonyl (C=S) groups is 1. The minimum absolute atomic E-state index is 0.166. The van der Waals surface area contributed by atoms with Crippen molar-refractivity contribution in [1.82, 2.24) is 0 Å². The van der Waals surface area contributed by atoms with Crippen LogP contribution in [0, 0.1) is 0 Å². The van der Waals surface area contributed by atoms with Gasteiger partial charge in [0.15, 0.2) is 6.29 Å². The number of carboxylic acids is 1. The van der Waals surface area contributed by atoms with Gasteiger partial charge in [-0.1, -0.05) is 12.1 Å². The number of carboxylic acid groups (broad SMARTS) is 1. The lowest BCUT2D eigenvalue weighted by Gasteiger charge is -2.26. The standard InChI is InChI=1S/C17H15NO4S/c1-2-22-17(23)18(15-6-4-3-5-13(15)11-19)14-9-7-12(8-10-14)16(20)21/h3-11H,2H2,1H3,(H,20,21). The highest BCUT2D eigenvalue weighted by atomic mass is 32.1. The monoisotopic (exact) mass is 329 g/mol. The molecule has 0 radical (unpaired) electrons. The fraction of sp³-hybridized carbons (Fsp3) is 0.118. The van der Waals surface area contributed by atoms with E-state index in [1.165, 1.54) is 12.1 Å². The molecule has 0 bridgehead atoms. The third-order valence-corrected chi connectivity index (χ3v) is 3.43. The van der Waals surface area contributed by atoms with Crippen LogP contribution in [0.2, 0.25) is 0 Å². The Bertz CT molecular complexity index is 728. The van der Waals surface area contributed by atoms with Crippen LogP contribution in [0.5, 0.6) is 0 Å². The highest BCUT2D eigenvalue weighted by Crippen LogP contribution is 2.29. The van der Waals surface area contributed by atoms with Crippen LogP contribution in [-0.2, 0) is 4.74 Å². The first-order valence-corrected chi connectivity index (χ1v) is 7.33. The number of nitrogens with zero attached hydrogens (tertiary/aromatic N) is 1. The van der Waals surface area contributed by atoms with Crippen LogP contribution >= 0.6 is 12.2 Å². The van der Waals surface area contributed by atoms with Crippen molar-refractivity contribution in [2.45, 2.75) is 6.92 Å². The van der Waals surface area contributed by atoms with Gasteiger partial charge in [0.25, 0.3) is 5.17 Å². The van der Waals surface area contributed by atoms with Gasteiger partial charge in [0, 0.05) is 11.3 Å². The van der Waals surface area contributed by atoms with E-state index in [0.717, 1.165) is 6.29 Å². The summed E-state index contributed by atoms with van der Waals surface area (Å²) >= 11 is 5.30. The zero-order valence-electron chi connectivity index (χ0n) is 12.4. The number of benzene rings is 2. The summed E-state index contributed by atoms with van der Waals surface area (Å²) in [5.74, 6) is -1.01. The molecule has 0 saturated heterocycles. The SMILES string of the molecule is CCOC(=S)N(c1ccc(C(=O)O)cc1)c1ccccc1C=O. The maximum absolute atomic E-state index is 11.3. The first-order chi connectivity index (χ1) is 11.1. The Morgan fingerprint density at radius 3 is 2.43 bits per heavy atom. The number of anilines is 2. The minimum Gasteiger partial charge on any atom is -0.478 e. The van der Waals surface area contributed by atoms with Gasteiger partial charge in [-0.05, 0) is 55.5 Å². The zero-order valence-corrected chi connectivity index (χ0v) is 13.2. The maximum Gasteiger partial charge on any atom is 0.335 e. The fourth-order valence-corrected chi connectivity index (χ4v) is 2.40. The van der Waals surface area contributed by atoms with E-state index in [-0.39, 0.29) is 10.7 Å². The van der Waals surface area contributed by atoms with Gasteiger partial charge in [-0.3, -0.25) is 9.69 Å². The summed E-state index contributed by atoms with van der Waals surface area (Å²) in [6.45, 7) is 2.19. The molecule has 0 aliphatic heterocycles. The molecule has 0 fully saturated rings. The van der Waals surface area contributed by atoms with E-state index in [9.17, 15) is 9.59 Å². The van der Waals surface area contributed by atoms with Gasteiger partial charge in [-0.25, -0.2) is 4.79 Å². The van der Waals surface area contributed by atoms with E-state index in [1.54, 1.807) is 41.3 Å². The van der Waals surface area contributed by atoms with Gasteiger partial charge in [0.1, 0.15) is 0 Å². The van der Waals surface area contributed by atoms with Crippen LogP contribution in [0.25, 0.3) is 0 Å². The Morgan fingerprint density at radius 2 is 1.87 bits per heavy atom. The molecule has 6 heteroatoms. The number of aromatic carboxylic acids is 1. The average Bonchev–Trinajstić information content (AvgIpc) is 2.56. The molecule has 2 aromatic carbocycles. The summed E-state index contributed by atoms with van der Waals surface area (Å²) in [5, 5.41) is 9.18. The van der Waals surface area contributed by atoms with Crippen molar-refractivity contribution in [3.8, 4) is 0 Å². The average molecular weight is 329 g/mol. The second kappa shape index (κ2) is 7.51. The van der Waals surface area contributed by atoms with Gasteiger partial charge in [-0.2, -0.15) is 0 Å². The number of hydrogen-bond donors (Lipinski definition) is 1. The summed E-state index contributed by atoms with van der Waals surface area (Å²) in [6, 6.07) is 13.2. The molecule has 1 N–H and O–H groups in total. The van der Waals surface area contributed by atoms with E-state index in [2.05, 4.69) is 0 Å². The number of carbonyl (C=O) groups excluding carboxylic acids is 1. The molecule has 0 saturated carbocycles. The van der Waals surface area contributed by atoms with E-state index in [1.807, 2.05) is 6.92 Å². The molecule has 2 rings (SSSR count). The molecule has 0 aliphatic rings. The number of rotatable bonds is 5. The molecule has 0 heterocycles. The number of para-hydroxylation sites is 1. The van der Waals surface area contributed by atoms with Crippen LogP contribution in [-0.4, -0.2) is 29.1 Å². The quantitative estimate of drug-likeness (QED) is 0.667. The normalized spacial score (nSPS) is 9.96. The predicted molar refractivity (Wildman–Crippen MR) is 91.6 cm³/mol. The van der Waals surface area contributed by atoms with Gasteiger partial charge < -0.3 is 9.84 Å². The molecule has 2 aromatic rings. The fourth-order valence-electron chi connectivity index (χ4n) is 2.07. The molecule has 0 aliphatic carbocycles. The Morgan fingerprint density at radius 1 is 1.22 bits per heavy atom. The first-order valence-electron chi connectivity index (χ1n) is 6.93. The van der Waals surface area contributed by atoms with Gasteiger partial charge in [0.05, 0.1) is 17.9 Å². The third kappa shape index (κ3) is 3.73. The van der Waals surface area contributed by atoms with Crippen molar-refractivity contribution in [3.63, 3.8) is 0 Å². The first kappa shape index (κ1) is 16.6. The molecule has 0 unspecified atom stereocenters. The second-order valence-corrected chi connectivity index (χ2v) is 4.91. The highest BCUT2D eigenvalue weighted by Gasteiger charge is 2.19. The zero-order chi connectivity index (χ0) is 16.8. The Labute approximate surface area is 139 Å². The molecule has 118 valence electrons. The van der Waals surface area contributed by atoms with E-state index >= 15 is 0 Å². The Balaban J connectivity index is 2.52. The number of ether oxygens (including phenoxy) is 1. The number of hydrogen-bond acceptors (Lipinski definition) is 4. The van der Waals surface area contributed by atoms with Crippen LogP contribution in [0.3, 0.4) is 0 Å². The van der Waals surface area contributed by atoms with Crippen molar-refractivity contribution < 1.29 is 19.4 Å². The Hall–Kier alpha value is -2.73. The summed E-state index contributed by atoms with van der Waals surface area (Å²) < 4.78 is 5.42. The molecular formula is C17H15NO4S. The molecule has 0 aromatic heterocycles. The van der Waals surface area contributed by atoms with Crippen LogP contribution in [0.1, 0.15) is 27.6 Å². The van der Waals surface area contributed by atoms with E-state index < -0.39 is 5.97 Å². The molecule has 0 spiro atoms. The van der Waals surface area contributed by atoms with Crippen LogP contribution in [0.4, 0.5) is 11.4 Å². The van der Waals surface area contributed by atoms with Crippen molar-refractivity contribution in [2.24, 2.45) is 0 Å². The third-order valence-electron chi connectivity index (χ3n) is 3.13. The number of aldehydes is 1. The van der Waals surface area contributed by atoms with Gasteiger partial charge >= 0.3 is 5.97 Å². The molecule has 0 amide bonds. The maximum atomic E-state index is 11.3. The number of carbonyl (C=O) groups is 2. The lowest BCUT2D eigenvalue weighted by atomic mass is 10.1. The second-order valence-electron chi connectivity index (χ2n) is 4.56. The molecule has 23 heavy (non-hydrogen) atoms. The summed E-state index contributed by atoms with van der Waals surface area (Å²) in [7, 11) is 0. The largest absolute Gasteiger partial charge is 0.478 e. The van der Waals surface area contributed by atoms with Crippen LogP contribution in [0.15, 0.2) is 48.5 Å². The van der Waals surface area contributed by atoms with Crippen LogP contribution < -0.4 is 4.90 Å². The molecular weight excluding hydrogens is 314 g/mol.